The highest BCUT2D eigenvalue weighted by molar-refractivity contribution is 7.91. The summed E-state index contributed by atoms with van der Waals surface area (Å²) in [6.07, 6.45) is 0.823. The molecule has 1 aliphatic rings. The predicted octanol–water partition coefficient (Wildman–Crippen LogP) is 2.49. The second kappa shape index (κ2) is 4.42. The third-order valence-corrected chi connectivity index (χ3v) is 5.36. The Labute approximate surface area is 109 Å². The van der Waals surface area contributed by atoms with Crippen LogP contribution in [0.4, 0.5) is 8.78 Å². The van der Waals surface area contributed by atoms with Crippen LogP contribution < -0.4 is 0 Å². The average molecular weight is 296 g/mol. The van der Waals surface area contributed by atoms with Crippen LogP contribution in [-0.4, -0.2) is 24.9 Å². The quantitative estimate of drug-likeness (QED) is 0.748. The van der Waals surface area contributed by atoms with E-state index >= 15 is 0 Å². The van der Waals surface area contributed by atoms with Crippen LogP contribution in [0, 0.1) is 11.9 Å². The molecule has 0 unspecified atom stereocenters. The molecule has 2 heterocycles. The lowest BCUT2D eigenvalue weighted by atomic mass is 9.83. The van der Waals surface area contributed by atoms with Crippen molar-refractivity contribution in [1.29, 1.82) is 0 Å². The fourth-order valence-electron chi connectivity index (χ4n) is 2.26. The highest BCUT2D eigenvalue weighted by atomic mass is 35.5. The van der Waals surface area contributed by atoms with Crippen molar-refractivity contribution < 1.29 is 17.2 Å². The van der Waals surface area contributed by atoms with E-state index in [0.29, 0.717) is 0 Å². The number of alkyl halides is 1. The molecule has 0 aromatic carbocycles. The van der Waals surface area contributed by atoms with E-state index in [4.69, 9.17) is 11.6 Å². The van der Waals surface area contributed by atoms with Crippen molar-refractivity contribution in [3.8, 4) is 0 Å². The molecule has 3 nitrogen and oxygen atoms in total. The summed E-state index contributed by atoms with van der Waals surface area (Å²) in [4.78, 5) is 3.38. The second-order valence-corrected chi connectivity index (χ2v) is 7.28. The van der Waals surface area contributed by atoms with Gasteiger partial charge < -0.3 is 0 Å². The molecule has 0 aliphatic carbocycles. The molecule has 0 N–H and O–H groups in total. The van der Waals surface area contributed by atoms with Crippen molar-refractivity contribution in [3.63, 3.8) is 0 Å². The second-order valence-electron chi connectivity index (χ2n) is 4.62. The molecule has 0 bridgehead atoms. The van der Waals surface area contributed by atoms with Crippen molar-refractivity contribution >= 4 is 21.4 Å². The molecule has 1 aliphatic heterocycles. The van der Waals surface area contributed by atoms with Gasteiger partial charge in [0.15, 0.2) is 9.84 Å². The lowest BCUT2D eigenvalue weighted by Crippen LogP contribution is -2.41. The van der Waals surface area contributed by atoms with Crippen molar-refractivity contribution in [2.45, 2.75) is 19.0 Å². The first-order chi connectivity index (χ1) is 8.24. The van der Waals surface area contributed by atoms with Crippen LogP contribution in [0.3, 0.4) is 0 Å². The molecule has 7 heteroatoms. The number of sulfone groups is 1. The Morgan fingerprint density at radius 2 is 2.22 bits per heavy atom. The third kappa shape index (κ3) is 2.36. The zero-order valence-electron chi connectivity index (χ0n) is 9.66. The van der Waals surface area contributed by atoms with E-state index in [-0.39, 0.29) is 28.5 Å². The molecule has 1 aromatic rings. The highest BCUT2D eigenvalue weighted by Crippen LogP contribution is 2.43. The van der Waals surface area contributed by atoms with Gasteiger partial charge in [-0.1, -0.05) is 18.5 Å². The first-order valence-corrected chi connectivity index (χ1v) is 7.65. The summed E-state index contributed by atoms with van der Waals surface area (Å²) in [6.45, 7) is 1.46. The average Bonchev–Trinajstić information content (AvgIpc) is 2.27. The Hall–Kier alpha value is -0.750. The molecule has 2 atom stereocenters. The standard InChI is InChI=1S/C11H12ClF2NO2S/c1-7-6-18(16,17)3-2-11(7,14)9-4-8(12)5-15-10(9)13/h4-5,7H,2-3,6H2,1H3/t7-,11+/m0/s1. The van der Waals surface area contributed by atoms with Gasteiger partial charge in [0.1, 0.15) is 5.67 Å². The van der Waals surface area contributed by atoms with Crippen LogP contribution >= 0.6 is 11.6 Å². The molecule has 1 saturated heterocycles. The van der Waals surface area contributed by atoms with E-state index in [0.717, 1.165) is 6.20 Å². The molecule has 0 spiro atoms. The lowest BCUT2D eigenvalue weighted by molar-refractivity contribution is 0.0842. The van der Waals surface area contributed by atoms with Crippen LogP contribution in [0.1, 0.15) is 18.9 Å². The largest absolute Gasteiger partial charge is 0.238 e. The minimum Gasteiger partial charge on any atom is -0.238 e. The molecule has 2 rings (SSSR count). The maximum Gasteiger partial charge on any atom is 0.219 e. The summed E-state index contributed by atoms with van der Waals surface area (Å²) >= 11 is 5.69. The summed E-state index contributed by atoms with van der Waals surface area (Å²) in [7, 11) is -3.25. The Morgan fingerprint density at radius 1 is 1.56 bits per heavy atom. The monoisotopic (exact) mass is 295 g/mol. The summed E-state index contributed by atoms with van der Waals surface area (Å²) in [6, 6.07) is 1.18. The smallest absolute Gasteiger partial charge is 0.219 e. The van der Waals surface area contributed by atoms with E-state index in [1.54, 1.807) is 0 Å². The van der Waals surface area contributed by atoms with Gasteiger partial charge in [-0.15, -0.1) is 0 Å². The first kappa shape index (κ1) is 13.7. The summed E-state index contributed by atoms with van der Waals surface area (Å²) in [5.41, 5.74) is -2.29. The molecule has 100 valence electrons. The van der Waals surface area contributed by atoms with Gasteiger partial charge in [0.25, 0.3) is 0 Å². The minimum atomic E-state index is -3.25. The zero-order chi connectivity index (χ0) is 13.6. The van der Waals surface area contributed by atoms with Crippen molar-refractivity contribution in [2.75, 3.05) is 11.5 Å². The van der Waals surface area contributed by atoms with Crippen LogP contribution in [0.25, 0.3) is 0 Å². The Morgan fingerprint density at radius 3 is 2.83 bits per heavy atom. The highest BCUT2D eigenvalue weighted by Gasteiger charge is 2.46. The summed E-state index contributed by atoms with van der Waals surface area (Å²) in [5, 5.41) is 0.129. The van der Waals surface area contributed by atoms with Crippen LogP contribution in [-0.2, 0) is 15.5 Å². The summed E-state index contributed by atoms with van der Waals surface area (Å²) < 4.78 is 51.3. The first-order valence-electron chi connectivity index (χ1n) is 5.45. The van der Waals surface area contributed by atoms with Crippen molar-refractivity contribution in [1.82, 2.24) is 4.98 Å². The molecular formula is C11H12ClF2NO2S. The molecule has 0 saturated carbocycles. The maximum atomic E-state index is 14.9. The third-order valence-electron chi connectivity index (χ3n) is 3.32. The van der Waals surface area contributed by atoms with Crippen molar-refractivity contribution in [2.24, 2.45) is 5.92 Å². The predicted molar refractivity (Wildman–Crippen MR) is 64.4 cm³/mol. The fraction of sp³-hybridized carbons (Fsp3) is 0.545. The summed E-state index contributed by atoms with van der Waals surface area (Å²) in [5.74, 6) is -2.35. The molecule has 18 heavy (non-hydrogen) atoms. The van der Waals surface area contributed by atoms with Crippen LogP contribution in [0.2, 0.25) is 5.02 Å². The van der Waals surface area contributed by atoms with E-state index in [1.165, 1.54) is 13.0 Å². The zero-order valence-corrected chi connectivity index (χ0v) is 11.2. The Balaban J connectivity index is 2.46. The minimum absolute atomic E-state index is 0.129. The van der Waals surface area contributed by atoms with Gasteiger partial charge in [-0.3, -0.25) is 0 Å². The van der Waals surface area contributed by atoms with Gasteiger partial charge >= 0.3 is 0 Å². The molecule has 0 amide bonds. The van der Waals surface area contributed by atoms with E-state index < -0.39 is 27.4 Å². The topological polar surface area (TPSA) is 47.0 Å². The number of halogens is 3. The number of rotatable bonds is 1. The maximum absolute atomic E-state index is 14.9. The van der Waals surface area contributed by atoms with Gasteiger partial charge in [-0.25, -0.2) is 17.8 Å². The van der Waals surface area contributed by atoms with Crippen LogP contribution in [0.15, 0.2) is 12.3 Å². The lowest BCUT2D eigenvalue weighted by Gasteiger charge is -2.35. The van der Waals surface area contributed by atoms with E-state index in [2.05, 4.69) is 4.98 Å². The number of hydrogen-bond donors (Lipinski definition) is 0. The van der Waals surface area contributed by atoms with Crippen LogP contribution in [0.5, 0.6) is 0 Å². The van der Waals surface area contributed by atoms with Gasteiger partial charge in [-0.05, 0) is 12.5 Å². The Bertz CT molecular complexity index is 578. The van der Waals surface area contributed by atoms with Gasteiger partial charge in [-0.2, -0.15) is 4.39 Å². The molecular weight excluding hydrogens is 284 g/mol. The number of hydrogen-bond acceptors (Lipinski definition) is 3. The number of nitrogens with zero attached hydrogens (tertiary/aromatic N) is 1. The number of aromatic nitrogens is 1. The van der Waals surface area contributed by atoms with E-state index in [9.17, 15) is 17.2 Å². The van der Waals surface area contributed by atoms with Gasteiger partial charge in [0, 0.05) is 17.7 Å². The van der Waals surface area contributed by atoms with Gasteiger partial charge in [0.05, 0.1) is 16.5 Å². The normalized spacial score (nSPS) is 31.2. The fourth-order valence-corrected chi connectivity index (χ4v) is 4.22. The molecule has 1 aromatic heterocycles. The SMILES string of the molecule is C[C@H]1CS(=O)(=O)CC[C@]1(F)c1cc(Cl)cnc1F. The number of pyridine rings is 1. The Kier molecular flexibility index (Phi) is 3.36. The molecule has 1 fully saturated rings. The van der Waals surface area contributed by atoms with Crippen molar-refractivity contribution in [3.05, 3.63) is 28.8 Å². The van der Waals surface area contributed by atoms with Gasteiger partial charge in [0.2, 0.25) is 5.95 Å². The van der Waals surface area contributed by atoms with E-state index in [1.807, 2.05) is 0 Å². The molecule has 0 radical (unpaired) electrons.